The first-order valence-electron chi connectivity index (χ1n) is 11.9. The van der Waals surface area contributed by atoms with Crippen LogP contribution in [-0.2, 0) is 34.0 Å². The molecule has 11 heteroatoms. The molecule has 3 aliphatic heterocycles. The number of fused-ring (bicyclic) bond motifs is 1. The molecule has 1 fully saturated rings. The molecule has 3 aliphatic rings. The topological polar surface area (TPSA) is 128 Å². The number of nitrogens with zero attached hydrogens (tertiary/aromatic N) is 3. The minimum Gasteiger partial charge on any atom is -0.467 e. The largest absolute Gasteiger partial charge is 0.467 e. The number of amides is 1. The Balaban J connectivity index is 1.86. The van der Waals surface area contributed by atoms with E-state index >= 15 is 0 Å². The van der Waals surface area contributed by atoms with Crippen molar-refractivity contribution in [1.82, 2.24) is 4.90 Å². The number of carbonyl (C=O) groups is 4. The Morgan fingerprint density at radius 2 is 1.71 bits per heavy atom. The number of aliphatic imine (C=N–C) groups is 1. The standard InChI is InChI=1S/C27H27N3O8/c1-13-11-15(14(2)38-13)22(31)30-18(23(32)35-4)12-27-16-9-7-8-10-17(16)29(3)21(27)19(24(33)36-5)20(25(34)37-6)28-26(27)30/h7-11,18,21H,12H2,1-6H3/t18?,21?,27-/m0/s1. The normalized spacial score (nSPS) is 23.4. The molecule has 1 spiro atoms. The highest BCUT2D eigenvalue weighted by Crippen LogP contribution is 2.57. The summed E-state index contributed by atoms with van der Waals surface area (Å²) in [6.45, 7) is 3.36. The fraction of sp³-hybridized carbons (Fsp3) is 0.370. The number of esters is 3. The van der Waals surface area contributed by atoms with Crippen LogP contribution in [0.1, 0.15) is 33.9 Å². The van der Waals surface area contributed by atoms with Crippen molar-refractivity contribution in [2.45, 2.75) is 37.8 Å². The second kappa shape index (κ2) is 8.86. The number of hydrogen-bond donors (Lipinski definition) is 0. The van der Waals surface area contributed by atoms with Crippen LogP contribution in [0, 0.1) is 13.8 Å². The highest BCUT2D eigenvalue weighted by atomic mass is 16.5. The number of anilines is 1. The van der Waals surface area contributed by atoms with Gasteiger partial charge in [-0.1, -0.05) is 18.2 Å². The molecule has 1 aromatic heterocycles. The highest BCUT2D eigenvalue weighted by Gasteiger charge is 2.67. The predicted molar refractivity (Wildman–Crippen MR) is 134 cm³/mol. The van der Waals surface area contributed by atoms with Crippen LogP contribution < -0.4 is 4.90 Å². The molecule has 2 unspecified atom stereocenters. The second-order valence-electron chi connectivity index (χ2n) is 9.43. The number of rotatable bonds is 4. The van der Waals surface area contributed by atoms with Crippen molar-refractivity contribution >= 4 is 35.3 Å². The van der Waals surface area contributed by atoms with Gasteiger partial charge in [0.05, 0.1) is 43.9 Å². The maximum atomic E-state index is 14.1. The van der Waals surface area contributed by atoms with Gasteiger partial charge in [0.2, 0.25) is 0 Å². The molecule has 11 nitrogen and oxygen atoms in total. The van der Waals surface area contributed by atoms with E-state index in [4.69, 9.17) is 18.6 Å². The van der Waals surface area contributed by atoms with Crippen LogP contribution in [0.4, 0.5) is 5.69 Å². The molecule has 3 atom stereocenters. The Labute approximate surface area is 218 Å². The summed E-state index contributed by atoms with van der Waals surface area (Å²) in [5, 5.41) is 0. The smallest absolute Gasteiger partial charge is 0.357 e. The van der Waals surface area contributed by atoms with Crippen LogP contribution >= 0.6 is 0 Å². The average Bonchev–Trinajstić information content (AvgIpc) is 3.54. The molecule has 2 aromatic rings. The highest BCUT2D eigenvalue weighted by molar-refractivity contribution is 6.20. The monoisotopic (exact) mass is 521 g/mol. The van der Waals surface area contributed by atoms with Gasteiger partial charge < -0.3 is 23.5 Å². The SMILES string of the molecule is COC(=O)C1=C(C(=O)OC)C2N(C)c3ccccc3[C@@]23CC(C(=O)OC)N(C(=O)c2cc(C)oc2C)C3=N1. The van der Waals surface area contributed by atoms with Gasteiger partial charge in [-0.2, -0.15) is 0 Å². The zero-order valence-corrected chi connectivity index (χ0v) is 21.9. The van der Waals surface area contributed by atoms with Crippen molar-refractivity contribution in [2.24, 2.45) is 4.99 Å². The zero-order chi connectivity index (χ0) is 27.5. The molecule has 1 amide bonds. The number of likely N-dealkylation sites (tertiary alicyclic amines) is 1. The first kappa shape index (κ1) is 25.2. The minimum atomic E-state index is -1.16. The number of benzene rings is 1. The lowest BCUT2D eigenvalue weighted by Gasteiger charge is -2.39. The molecule has 4 heterocycles. The summed E-state index contributed by atoms with van der Waals surface area (Å²) in [6.07, 6.45) is 0.0566. The van der Waals surface area contributed by atoms with E-state index in [0.717, 1.165) is 11.3 Å². The van der Waals surface area contributed by atoms with Crippen molar-refractivity contribution in [3.8, 4) is 0 Å². The fourth-order valence-corrected chi connectivity index (χ4v) is 6.09. The Kier molecular flexibility index (Phi) is 5.89. The van der Waals surface area contributed by atoms with Gasteiger partial charge in [-0.15, -0.1) is 0 Å². The predicted octanol–water partition coefficient (Wildman–Crippen LogP) is 2.05. The van der Waals surface area contributed by atoms with Crippen LogP contribution in [0.15, 0.2) is 51.0 Å². The summed E-state index contributed by atoms with van der Waals surface area (Å²) in [7, 11) is 5.40. The average molecular weight is 522 g/mol. The third kappa shape index (κ3) is 3.24. The molecule has 38 heavy (non-hydrogen) atoms. The van der Waals surface area contributed by atoms with Crippen molar-refractivity contribution in [3.63, 3.8) is 0 Å². The number of furan rings is 1. The molecule has 0 saturated carbocycles. The molecule has 198 valence electrons. The molecular weight excluding hydrogens is 494 g/mol. The van der Waals surface area contributed by atoms with E-state index in [2.05, 4.69) is 4.99 Å². The first-order valence-corrected chi connectivity index (χ1v) is 11.9. The van der Waals surface area contributed by atoms with Crippen LogP contribution in [0.5, 0.6) is 0 Å². The summed E-state index contributed by atoms with van der Waals surface area (Å²) in [5.41, 5.74) is 0.280. The van der Waals surface area contributed by atoms with E-state index in [0.29, 0.717) is 11.5 Å². The Bertz CT molecular complexity index is 1450. The number of methoxy groups -OCH3 is 3. The van der Waals surface area contributed by atoms with E-state index in [9.17, 15) is 19.2 Å². The summed E-state index contributed by atoms with van der Waals surface area (Å²) in [4.78, 5) is 61.3. The fourth-order valence-electron chi connectivity index (χ4n) is 6.09. The maximum absolute atomic E-state index is 14.1. The van der Waals surface area contributed by atoms with Gasteiger partial charge >= 0.3 is 17.9 Å². The molecule has 1 aromatic carbocycles. The van der Waals surface area contributed by atoms with Crippen LogP contribution in [0.2, 0.25) is 0 Å². The van der Waals surface area contributed by atoms with Crippen LogP contribution in [0.3, 0.4) is 0 Å². The summed E-state index contributed by atoms with van der Waals surface area (Å²) < 4.78 is 20.8. The first-order chi connectivity index (χ1) is 18.1. The lowest BCUT2D eigenvalue weighted by atomic mass is 9.69. The van der Waals surface area contributed by atoms with Gasteiger partial charge in [-0.25, -0.2) is 19.4 Å². The van der Waals surface area contributed by atoms with Gasteiger partial charge in [-0.05, 0) is 38.0 Å². The van der Waals surface area contributed by atoms with E-state index < -0.39 is 41.3 Å². The minimum absolute atomic E-state index is 0.0185. The Morgan fingerprint density at radius 1 is 1.03 bits per heavy atom. The van der Waals surface area contributed by atoms with Crippen molar-refractivity contribution < 1.29 is 37.8 Å². The maximum Gasteiger partial charge on any atom is 0.357 e. The molecular formula is C27H27N3O8. The van der Waals surface area contributed by atoms with Gasteiger partial charge in [-0.3, -0.25) is 9.69 Å². The molecule has 0 bridgehead atoms. The van der Waals surface area contributed by atoms with E-state index in [-0.39, 0.29) is 29.1 Å². The van der Waals surface area contributed by atoms with Gasteiger partial charge in [0.25, 0.3) is 5.91 Å². The second-order valence-corrected chi connectivity index (χ2v) is 9.43. The number of ether oxygens (including phenoxy) is 3. The molecule has 5 rings (SSSR count). The van der Waals surface area contributed by atoms with Crippen LogP contribution in [-0.4, -0.2) is 75.0 Å². The quantitative estimate of drug-likeness (QED) is 0.439. The van der Waals surface area contributed by atoms with Crippen LogP contribution in [0.25, 0.3) is 0 Å². The number of aryl methyl sites for hydroxylation is 2. The van der Waals surface area contributed by atoms with Crippen molar-refractivity contribution in [1.29, 1.82) is 0 Å². The lowest BCUT2D eigenvalue weighted by molar-refractivity contribution is -0.144. The van der Waals surface area contributed by atoms with E-state index in [1.165, 1.54) is 26.2 Å². The van der Waals surface area contributed by atoms with Gasteiger partial charge in [0.15, 0.2) is 5.70 Å². The van der Waals surface area contributed by atoms with E-state index in [1.807, 2.05) is 29.2 Å². The number of hydrogen-bond acceptors (Lipinski definition) is 10. The van der Waals surface area contributed by atoms with Crippen molar-refractivity contribution in [2.75, 3.05) is 33.3 Å². The third-order valence-corrected chi connectivity index (χ3v) is 7.57. The Morgan fingerprint density at radius 3 is 2.32 bits per heavy atom. The Hall–Kier alpha value is -4.41. The summed E-state index contributed by atoms with van der Waals surface area (Å²) in [6, 6.07) is 7.08. The third-order valence-electron chi connectivity index (χ3n) is 7.57. The zero-order valence-electron chi connectivity index (χ0n) is 21.9. The van der Waals surface area contributed by atoms with Gasteiger partial charge in [0.1, 0.15) is 23.4 Å². The van der Waals surface area contributed by atoms with Gasteiger partial charge in [0, 0.05) is 12.7 Å². The number of amidine groups is 1. The summed E-state index contributed by atoms with van der Waals surface area (Å²) in [5.74, 6) is -1.81. The molecule has 1 saturated heterocycles. The number of carbonyl (C=O) groups excluding carboxylic acids is 4. The number of likely N-dealkylation sites (N-methyl/N-ethyl adjacent to an activating group) is 1. The summed E-state index contributed by atoms with van der Waals surface area (Å²) >= 11 is 0. The van der Waals surface area contributed by atoms with Crippen molar-refractivity contribution in [3.05, 3.63) is 64.2 Å². The number of para-hydroxylation sites is 1. The molecule has 0 aliphatic carbocycles. The molecule has 0 radical (unpaired) electrons. The lowest BCUT2D eigenvalue weighted by Crippen LogP contribution is -2.55. The van der Waals surface area contributed by atoms with E-state index in [1.54, 1.807) is 27.0 Å². The molecule has 0 N–H and O–H groups in total.